The smallest absolute Gasteiger partial charge is 0.190 e. The van der Waals surface area contributed by atoms with Crippen molar-refractivity contribution in [2.75, 3.05) is 0 Å². The van der Waals surface area contributed by atoms with Gasteiger partial charge >= 0.3 is 0 Å². The van der Waals surface area contributed by atoms with E-state index in [4.69, 9.17) is 0 Å². The van der Waals surface area contributed by atoms with Crippen LogP contribution in [-0.4, -0.2) is 19.9 Å². The van der Waals surface area contributed by atoms with Crippen LogP contribution in [0.2, 0.25) is 0 Å². The minimum absolute atomic E-state index is 0.424. The highest BCUT2D eigenvalue weighted by atomic mass is 32.2. The summed E-state index contributed by atoms with van der Waals surface area (Å²) < 4.78 is 1.72. The molecule has 4 nitrogen and oxygen atoms in total. The van der Waals surface area contributed by atoms with E-state index < -0.39 is 6.10 Å². The normalized spacial score (nSPS) is 12.6. The summed E-state index contributed by atoms with van der Waals surface area (Å²) in [5.74, 6) is 0. The summed E-state index contributed by atoms with van der Waals surface area (Å²) in [5.41, 5.74) is 0.947. The quantitative estimate of drug-likeness (QED) is 0.904. The fourth-order valence-corrected chi connectivity index (χ4v) is 2.49. The molecular weight excluding hydrogens is 234 g/mol. The van der Waals surface area contributed by atoms with Gasteiger partial charge in [0.15, 0.2) is 5.16 Å². The first-order chi connectivity index (χ1) is 8.22. The highest BCUT2D eigenvalue weighted by Crippen LogP contribution is 2.32. The number of hydrogen-bond donors (Lipinski definition) is 1. The molecule has 0 amide bonds. The zero-order chi connectivity index (χ0) is 12.3. The Morgan fingerprint density at radius 2 is 2.18 bits per heavy atom. The molecule has 0 aliphatic rings. The number of aliphatic hydroxyl groups is 1. The molecular formula is C12H15N3OS. The van der Waals surface area contributed by atoms with Gasteiger partial charge in [-0.05, 0) is 29.8 Å². The van der Waals surface area contributed by atoms with E-state index in [1.54, 1.807) is 4.68 Å². The van der Waals surface area contributed by atoms with Crippen molar-refractivity contribution in [2.45, 2.75) is 29.5 Å². The van der Waals surface area contributed by atoms with Crippen molar-refractivity contribution in [3.8, 4) is 0 Å². The van der Waals surface area contributed by atoms with Crippen molar-refractivity contribution >= 4 is 11.8 Å². The summed E-state index contributed by atoms with van der Waals surface area (Å²) >= 11 is 1.52. The van der Waals surface area contributed by atoms with Crippen LogP contribution in [0.1, 0.15) is 25.0 Å². The third-order valence-electron chi connectivity index (χ3n) is 2.54. The summed E-state index contributed by atoms with van der Waals surface area (Å²) in [6.07, 6.45) is 1.81. The van der Waals surface area contributed by atoms with E-state index in [1.807, 2.05) is 38.2 Å². The van der Waals surface area contributed by atoms with Gasteiger partial charge in [-0.1, -0.05) is 25.1 Å². The van der Waals surface area contributed by atoms with Crippen LogP contribution in [0, 0.1) is 0 Å². The number of aromatic nitrogens is 3. The monoisotopic (exact) mass is 249 g/mol. The highest BCUT2D eigenvalue weighted by molar-refractivity contribution is 7.99. The maximum atomic E-state index is 9.95. The SMILES string of the molecule is CC[C@@H](O)c1ccccc1Sc1ncnn1C. The average Bonchev–Trinajstić information content (AvgIpc) is 2.75. The lowest BCUT2D eigenvalue weighted by Crippen LogP contribution is -1.98. The van der Waals surface area contributed by atoms with Gasteiger partial charge in [-0.3, -0.25) is 0 Å². The zero-order valence-corrected chi connectivity index (χ0v) is 10.7. The molecule has 1 aromatic carbocycles. The largest absolute Gasteiger partial charge is 0.388 e. The molecule has 1 N–H and O–H groups in total. The minimum Gasteiger partial charge on any atom is -0.388 e. The Balaban J connectivity index is 2.30. The lowest BCUT2D eigenvalue weighted by molar-refractivity contribution is 0.171. The molecule has 2 rings (SSSR count). The second-order valence-corrected chi connectivity index (χ2v) is 4.74. The molecule has 0 unspecified atom stereocenters. The number of aryl methyl sites for hydroxylation is 1. The zero-order valence-electron chi connectivity index (χ0n) is 9.87. The van der Waals surface area contributed by atoms with Crippen molar-refractivity contribution in [2.24, 2.45) is 7.05 Å². The van der Waals surface area contributed by atoms with Gasteiger partial charge in [-0.15, -0.1) is 0 Å². The maximum absolute atomic E-state index is 9.95. The van der Waals surface area contributed by atoms with Gasteiger partial charge in [0, 0.05) is 11.9 Å². The van der Waals surface area contributed by atoms with Gasteiger partial charge in [-0.2, -0.15) is 5.10 Å². The maximum Gasteiger partial charge on any atom is 0.190 e. The van der Waals surface area contributed by atoms with E-state index in [0.717, 1.165) is 15.6 Å². The van der Waals surface area contributed by atoms with E-state index in [0.29, 0.717) is 6.42 Å². The highest BCUT2D eigenvalue weighted by Gasteiger charge is 2.12. The number of hydrogen-bond acceptors (Lipinski definition) is 4. The molecule has 0 fully saturated rings. The van der Waals surface area contributed by atoms with Crippen molar-refractivity contribution in [3.63, 3.8) is 0 Å². The van der Waals surface area contributed by atoms with E-state index in [2.05, 4.69) is 10.1 Å². The van der Waals surface area contributed by atoms with E-state index in [1.165, 1.54) is 18.1 Å². The number of aliphatic hydroxyl groups excluding tert-OH is 1. The Bertz CT molecular complexity index is 498. The Labute approximate surface area is 105 Å². The second kappa shape index (κ2) is 5.33. The standard InChI is InChI=1S/C12H15N3OS/c1-3-10(16)9-6-4-5-7-11(9)17-12-13-8-14-15(12)2/h4-8,10,16H,3H2,1-2H3/t10-/m1/s1. The Kier molecular flexibility index (Phi) is 3.81. The average molecular weight is 249 g/mol. The van der Waals surface area contributed by atoms with E-state index in [-0.39, 0.29) is 0 Å². The van der Waals surface area contributed by atoms with Crippen molar-refractivity contribution in [1.29, 1.82) is 0 Å². The van der Waals surface area contributed by atoms with Gasteiger partial charge in [0.25, 0.3) is 0 Å². The molecule has 2 aromatic rings. The molecule has 0 aliphatic heterocycles. The predicted octanol–water partition coefficient (Wildman–Crippen LogP) is 2.41. The second-order valence-electron chi connectivity index (χ2n) is 3.73. The van der Waals surface area contributed by atoms with Gasteiger partial charge in [0.2, 0.25) is 0 Å². The molecule has 1 aromatic heterocycles. The Morgan fingerprint density at radius 1 is 1.41 bits per heavy atom. The summed E-state index contributed by atoms with van der Waals surface area (Å²) in [7, 11) is 1.86. The van der Waals surface area contributed by atoms with Crippen LogP contribution in [0.4, 0.5) is 0 Å². The molecule has 0 bridgehead atoms. The lowest BCUT2D eigenvalue weighted by Gasteiger charge is -2.12. The third-order valence-corrected chi connectivity index (χ3v) is 3.68. The van der Waals surface area contributed by atoms with Crippen LogP contribution in [0.15, 0.2) is 40.6 Å². The number of nitrogens with zero attached hydrogens (tertiary/aromatic N) is 3. The first-order valence-corrected chi connectivity index (χ1v) is 6.33. The van der Waals surface area contributed by atoms with Gasteiger partial charge in [-0.25, -0.2) is 9.67 Å². The topological polar surface area (TPSA) is 50.9 Å². The van der Waals surface area contributed by atoms with Gasteiger partial charge < -0.3 is 5.11 Å². The molecule has 90 valence electrons. The summed E-state index contributed by atoms with van der Waals surface area (Å²) in [4.78, 5) is 5.20. The molecule has 1 heterocycles. The first-order valence-electron chi connectivity index (χ1n) is 5.51. The Morgan fingerprint density at radius 3 is 2.82 bits per heavy atom. The van der Waals surface area contributed by atoms with Crippen molar-refractivity contribution in [1.82, 2.24) is 14.8 Å². The molecule has 0 saturated carbocycles. The molecule has 0 aliphatic carbocycles. The van der Waals surface area contributed by atoms with Crippen LogP contribution in [-0.2, 0) is 7.05 Å². The Hall–Kier alpha value is -1.33. The van der Waals surface area contributed by atoms with E-state index in [9.17, 15) is 5.11 Å². The fourth-order valence-electron chi connectivity index (χ4n) is 1.55. The lowest BCUT2D eigenvalue weighted by atomic mass is 10.1. The van der Waals surface area contributed by atoms with Crippen LogP contribution < -0.4 is 0 Å². The van der Waals surface area contributed by atoms with Crippen LogP contribution in [0.5, 0.6) is 0 Å². The van der Waals surface area contributed by atoms with Crippen LogP contribution in [0.25, 0.3) is 0 Å². The summed E-state index contributed by atoms with van der Waals surface area (Å²) in [6.45, 7) is 1.97. The number of benzene rings is 1. The molecule has 0 spiro atoms. The number of rotatable bonds is 4. The fraction of sp³-hybridized carbons (Fsp3) is 0.333. The predicted molar refractivity (Wildman–Crippen MR) is 66.8 cm³/mol. The summed E-state index contributed by atoms with van der Waals surface area (Å²) in [6, 6.07) is 7.85. The van der Waals surface area contributed by atoms with Gasteiger partial charge in [0.05, 0.1) is 6.10 Å². The molecule has 5 heteroatoms. The van der Waals surface area contributed by atoms with Crippen molar-refractivity contribution < 1.29 is 5.11 Å². The molecule has 0 saturated heterocycles. The third kappa shape index (κ3) is 2.68. The molecule has 17 heavy (non-hydrogen) atoms. The minimum atomic E-state index is -0.424. The van der Waals surface area contributed by atoms with Crippen LogP contribution >= 0.6 is 11.8 Å². The molecule has 0 radical (unpaired) electrons. The summed E-state index contributed by atoms with van der Waals surface area (Å²) in [5, 5.41) is 14.8. The van der Waals surface area contributed by atoms with E-state index >= 15 is 0 Å². The van der Waals surface area contributed by atoms with Crippen molar-refractivity contribution in [3.05, 3.63) is 36.2 Å². The molecule has 1 atom stereocenters. The van der Waals surface area contributed by atoms with Crippen LogP contribution in [0.3, 0.4) is 0 Å². The first kappa shape index (κ1) is 12.1. The van der Waals surface area contributed by atoms with Gasteiger partial charge in [0.1, 0.15) is 6.33 Å².